The molecule has 212 valence electrons. The van der Waals surface area contributed by atoms with E-state index in [4.69, 9.17) is 10.3 Å². The Morgan fingerprint density at radius 1 is 0.585 bits per heavy atom. The van der Waals surface area contributed by atoms with Crippen molar-refractivity contribution in [1.29, 1.82) is 0 Å². The summed E-state index contributed by atoms with van der Waals surface area (Å²) in [5, 5.41) is 15.9. The molecular weight excluding hydrogens is 564 g/mol. The monoisotopic (exact) mass is 592 g/mol. The number of amides is 2. The van der Waals surface area contributed by atoms with Crippen molar-refractivity contribution in [3.63, 3.8) is 0 Å². The average molecular weight is 593 g/mol. The normalized spacial score (nSPS) is 11.6. The molecule has 6 N–H and O–H groups in total. The summed E-state index contributed by atoms with van der Waals surface area (Å²) in [7, 11) is -8.15. The summed E-state index contributed by atoms with van der Waals surface area (Å²) < 4.78 is 47.6. The van der Waals surface area contributed by atoms with Gasteiger partial charge in [-0.3, -0.25) is 9.59 Å². The molecule has 0 bridgehead atoms. The summed E-state index contributed by atoms with van der Waals surface area (Å²) in [6, 6.07) is 22.8. The Balaban J connectivity index is 1.42. The van der Waals surface area contributed by atoms with Crippen LogP contribution >= 0.6 is 0 Å². The fourth-order valence-corrected chi connectivity index (χ4v) is 5.61. The zero-order valence-corrected chi connectivity index (χ0v) is 23.8. The van der Waals surface area contributed by atoms with E-state index in [-0.39, 0.29) is 20.9 Å². The van der Waals surface area contributed by atoms with E-state index < -0.39 is 31.9 Å². The molecule has 0 atom stereocenters. The number of nitrogens with two attached hydrogens (primary N) is 2. The molecule has 0 heterocycles. The molecule has 0 aliphatic carbocycles. The van der Waals surface area contributed by atoms with Gasteiger partial charge in [-0.2, -0.15) is 0 Å². The van der Waals surface area contributed by atoms with Gasteiger partial charge >= 0.3 is 0 Å². The van der Waals surface area contributed by atoms with Crippen molar-refractivity contribution in [3.05, 3.63) is 118 Å². The first-order chi connectivity index (χ1) is 19.2. The first-order valence-electron chi connectivity index (χ1n) is 12.3. The number of primary sulfonamides is 2. The smallest absolute Gasteiger partial charge is 0.257 e. The lowest BCUT2D eigenvalue weighted by molar-refractivity contribution is 0.101. The highest BCUT2D eigenvalue weighted by Crippen LogP contribution is 2.21. The fourth-order valence-electron chi connectivity index (χ4n) is 4.18. The predicted molar refractivity (Wildman–Crippen MR) is 157 cm³/mol. The zero-order valence-electron chi connectivity index (χ0n) is 22.2. The molecule has 2 amide bonds. The Labute approximate surface area is 238 Å². The van der Waals surface area contributed by atoms with Crippen molar-refractivity contribution in [2.75, 3.05) is 10.6 Å². The van der Waals surface area contributed by atoms with Crippen LogP contribution in [-0.2, 0) is 26.5 Å². The van der Waals surface area contributed by atoms with Crippen molar-refractivity contribution in [2.24, 2.45) is 10.3 Å². The number of anilines is 2. The van der Waals surface area contributed by atoms with Gasteiger partial charge in [-0.1, -0.05) is 47.5 Å². The van der Waals surface area contributed by atoms with Crippen LogP contribution in [0.1, 0.15) is 43.0 Å². The maximum atomic E-state index is 12.8. The standard InChI is InChI=1S/C29H28N4O6S2/c1-18-3-13-26(40(30,36)37)24(15-18)28(34)32-22-9-5-20(6-10-22)17-21-7-11-23(12-8-21)33-29(35)25-16-19(2)4-14-27(25)41(31,38)39/h3-16H,17H2,1-2H3,(H,32,34)(H,33,35)(H2,30,36,37)(H2,31,38,39). The van der Waals surface area contributed by atoms with Crippen LogP contribution in [0.15, 0.2) is 94.7 Å². The average Bonchev–Trinajstić information content (AvgIpc) is 2.89. The second-order valence-corrected chi connectivity index (χ2v) is 12.6. The van der Waals surface area contributed by atoms with Gasteiger partial charge in [0, 0.05) is 11.4 Å². The van der Waals surface area contributed by atoms with Crippen LogP contribution in [0.4, 0.5) is 11.4 Å². The molecule has 4 rings (SSSR count). The molecule has 0 fully saturated rings. The van der Waals surface area contributed by atoms with E-state index in [0.29, 0.717) is 28.9 Å². The molecule has 0 aromatic heterocycles. The maximum absolute atomic E-state index is 12.8. The summed E-state index contributed by atoms with van der Waals surface area (Å²) in [6.07, 6.45) is 0.559. The van der Waals surface area contributed by atoms with Crippen LogP contribution in [0.5, 0.6) is 0 Å². The Bertz CT molecular complexity index is 1720. The number of hydrogen-bond acceptors (Lipinski definition) is 6. The molecule has 0 saturated heterocycles. The van der Waals surface area contributed by atoms with E-state index in [1.807, 2.05) is 24.3 Å². The van der Waals surface area contributed by atoms with Gasteiger partial charge in [-0.05, 0) is 79.9 Å². The minimum Gasteiger partial charge on any atom is -0.322 e. The van der Waals surface area contributed by atoms with E-state index in [9.17, 15) is 26.4 Å². The lowest BCUT2D eigenvalue weighted by Crippen LogP contribution is -2.20. The summed E-state index contributed by atoms with van der Waals surface area (Å²) in [5.74, 6) is -1.19. The largest absolute Gasteiger partial charge is 0.322 e. The molecule has 0 aliphatic rings. The minimum absolute atomic E-state index is 0.0352. The highest BCUT2D eigenvalue weighted by molar-refractivity contribution is 7.89. The molecule has 41 heavy (non-hydrogen) atoms. The van der Waals surface area contributed by atoms with E-state index in [0.717, 1.165) is 11.1 Å². The summed E-state index contributed by atoms with van der Waals surface area (Å²) >= 11 is 0. The molecule has 0 aliphatic heterocycles. The second-order valence-electron chi connectivity index (χ2n) is 9.57. The molecule has 10 nitrogen and oxygen atoms in total. The van der Waals surface area contributed by atoms with Crippen molar-refractivity contribution >= 4 is 43.2 Å². The molecule has 0 radical (unpaired) electrons. The predicted octanol–water partition coefficient (Wildman–Crippen LogP) is 3.69. The van der Waals surface area contributed by atoms with Crippen molar-refractivity contribution in [2.45, 2.75) is 30.1 Å². The molecule has 0 unspecified atom stereocenters. The number of benzene rings is 4. The Morgan fingerprint density at radius 2 is 0.927 bits per heavy atom. The Kier molecular flexibility index (Phi) is 8.40. The number of nitrogens with one attached hydrogen (secondary N) is 2. The van der Waals surface area contributed by atoms with Crippen LogP contribution in [0.25, 0.3) is 0 Å². The lowest BCUT2D eigenvalue weighted by atomic mass is 10.0. The first kappa shape index (κ1) is 29.6. The minimum atomic E-state index is -4.08. The lowest BCUT2D eigenvalue weighted by Gasteiger charge is -2.11. The third-order valence-electron chi connectivity index (χ3n) is 6.20. The van der Waals surface area contributed by atoms with Gasteiger partial charge in [0.15, 0.2) is 0 Å². The summed E-state index contributed by atoms with van der Waals surface area (Å²) in [4.78, 5) is 25.1. The van der Waals surface area contributed by atoms with Crippen LogP contribution < -0.4 is 20.9 Å². The maximum Gasteiger partial charge on any atom is 0.257 e. The molecular formula is C29H28N4O6S2. The zero-order chi connectivity index (χ0) is 29.9. The van der Waals surface area contributed by atoms with Crippen LogP contribution in [-0.4, -0.2) is 28.6 Å². The third kappa shape index (κ3) is 7.44. The number of rotatable bonds is 8. The van der Waals surface area contributed by atoms with E-state index in [2.05, 4.69) is 10.6 Å². The number of hydrogen-bond donors (Lipinski definition) is 4. The van der Waals surface area contributed by atoms with E-state index in [1.165, 1.54) is 24.3 Å². The number of aryl methyl sites for hydroxylation is 2. The Hall–Kier alpha value is -4.36. The first-order valence-corrected chi connectivity index (χ1v) is 15.4. The fraction of sp³-hybridized carbons (Fsp3) is 0.103. The molecule has 0 spiro atoms. The molecule has 0 saturated carbocycles. The summed E-state index contributed by atoms with van der Waals surface area (Å²) in [5.41, 5.74) is 4.21. The van der Waals surface area contributed by atoms with Gasteiger partial charge < -0.3 is 10.6 Å². The quantitative estimate of drug-likeness (QED) is 0.242. The number of carbonyl (C=O) groups is 2. The van der Waals surface area contributed by atoms with Crippen LogP contribution in [0.2, 0.25) is 0 Å². The van der Waals surface area contributed by atoms with Gasteiger partial charge in [0.2, 0.25) is 20.0 Å². The summed E-state index contributed by atoms with van der Waals surface area (Å²) in [6.45, 7) is 3.49. The molecule has 4 aromatic rings. The van der Waals surface area contributed by atoms with E-state index >= 15 is 0 Å². The van der Waals surface area contributed by atoms with Gasteiger partial charge in [0.05, 0.1) is 20.9 Å². The topological polar surface area (TPSA) is 179 Å². The van der Waals surface area contributed by atoms with Gasteiger partial charge in [-0.15, -0.1) is 0 Å². The molecule has 12 heteroatoms. The Morgan fingerprint density at radius 3 is 1.24 bits per heavy atom. The SMILES string of the molecule is Cc1ccc(S(N)(=O)=O)c(C(=O)Nc2ccc(Cc3ccc(NC(=O)c4cc(C)ccc4S(N)(=O)=O)cc3)cc2)c1. The number of carbonyl (C=O) groups excluding carboxylic acids is 2. The number of sulfonamides is 2. The van der Waals surface area contributed by atoms with Crippen molar-refractivity contribution in [3.8, 4) is 0 Å². The van der Waals surface area contributed by atoms with Crippen molar-refractivity contribution in [1.82, 2.24) is 0 Å². The second kappa shape index (κ2) is 11.6. The third-order valence-corrected chi connectivity index (χ3v) is 8.14. The molecule has 4 aromatic carbocycles. The van der Waals surface area contributed by atoms with Crippen LogP contribution in [0.3, 0.4) is 0 Å². The highest BCUT2D eigenvalue weighted by atomic mass is 32.2. The van der Waals surface area contributed by atoms with E-state index in [1.54, 1.807) is 50.2 Å². The van der Waals surface area contributed by atoms with Crippen LogP contribution in [0, 0.1) is 13.8 Å². The van der Waals surface area contributed by atoms with Gasteiger partial charge in [0.1, 0.15) is 0 Å². The van der Waals surface area contributed by atoms with Crippen molar-refractivity contribution < 1.29 is 26.4 Å². The van der Waals surface area contributed by atoms with Gasteiger partial charge in [0.25, 0.3) is 11.8 Å². The van der Waals surface area contributed by atoms with Gasteiger partial charge in [-0.25, -0.2) is 27.1 Å². The highest BCUT2D eigenvalue weighted by Gasteiger charge is 2.21.